The standard InChI is InChI=1S/C23H24FN3OS/c24-20-11-5-4-9-18(20)15-27-13-6-10-19(16-27)21(23-25-12-14-29-23)26-22(28)17-7-2-1-3-8-17/h1-5,7-9,11-12,14,19,21H,6,10,13,15-16H2,(H,26,28)/t19-,21-/m0/s1. The summed E-state index contributed by atoms with van der Waals surface area (Å²) < 4.78 is 14.1. The maximum Gasteiger partial charge on any atom is 0.251 e. The summed E-state index contributed by atoms with van der Waals surface area (Å²) in [7, 11) is 0. The monoisotopic (exact) mass is 409 g/mol. The van der Waals surface area contributed by atoms with Gasteiger partial charge in [0.2, 0.25) is 0 Å². The van der Waals surface area contributed by atoms with Crippen LogP contribution in [0.15, 0.2) is 66.2 Å². The third kappa shape index (κ3) is 4.89. The number of amides is 1. The van der Waals surface area contributed by atoms with Crippen LogP contribution >= 0.6 is 11.3 Å². The Bertz CT molecular complexity index is 932. The lowest BCUT2D eigenvalue weighted by atomic mass is 9.90. The number of aromatic nitrogens is 1. The van der Waals surface area contributed by atoms with Gasteiger partial charge in [-0.05, 0) is 43.5 Å². The Labute approximate surface area is 174 Å². The van der Waals surface area contributed by atoms with Gasteiger partial charge in [-0.3, -0.25) is 9.69 Å². The smallest absolute Gasteiger partial charge is 0.251 e. The van der Waals surface area contributed by atoms with Crippen LogP contribution in [-0.2, 0) is 6.54 Å². The fourth-order valence-corrected chi connectivity index (χ4v) is 4.74. The molecular weight excluding hydrogens is 385 g/mol. The Morgan fingerprint density at radius 2 is 2.00 bits per heavy atom. The van der Waals surface area contributed by atoms with Gasteiger partial charge in [0, 0.05) is 35.8 Å². The number of hydrogen-bond acceptors (Lipinski definition) is 4. The number of carbonyl (C=O) groups excluding carboxylic acids is 1. The Hall–Kier alpha value is -2.57. The molecule has 2 atom stereocenters. The Kier molecular flexibility index (Phi) is 6.32. The van der Waals surface area contributed by atoms with E-state index in [2.05, 4.69) is 15.2 Å². The van der Waals surface area contributed by atoms with Gasteiger partial charge < -0.3 is 5.32 Å². The minimum Gasteiger partial charge on any atom is -0.342 e. The van der Waals surface area contributed by atoms with Crippen molar-refractivity contribution in [3.63, 3.8) is 0 Å². The SMILES string of the molecule is O=C(N[C@H](c1nccs1)[C@H]1CCCN(Cc2ccccc2F)C1)c1ccccc1. The molecular formula is C23H24FN3OS. The molecule has 1 amide bonds. The number of hydrogen-bond donors (Lipinski definition) is 1. The average Bonchev–Trinajstić information content (AvgIpc) is 3.29. The van der Waals surface area contributed by atoms with Crippen LogP contribution in [0.2, 0.25) is 0 Å². The summed E-state index contributed by atoms with van der Waals surface area (Å²) in [6, 6.07) is 16.1. The molecule has 2 heterocycles. The maximum absolute atomic E-state index is 14.1. The minimum atomic E-state index is -0.163. The molecule has 0 bridgehead atoms. The molecule has 0 spiro atoms. The van der Waals surface area contributed by atoms with Crippen LogP contribution in [0, 0.1) is 11.7 Å². The Balaban J connectivity index is 1.50. The lowest BCUT2D eigenvalue weighted by Crippen LogP contribution is -2.42. The van der Waals surface area contributed by atoms with E-state index in [0.717, 1.165) is 30.9 Å². The first-order valence-electron chi connectivity index (χ1n) is 9.92. The first kappa shape index (κ1) is 19.7. The number of rotatable bonds is 6. The minimum absolute atomic E-state index is 0.0861. The van der Waals surface area contributed by atoms with Crippen LogP contribution < -0.4 is 5.32 Å². The summed E-state index contributed by atoms with van der Waals surface area (Å²) in [5, 5.41) is 6.07. The Morgan fingerprint density at radius 1 is 1.21 bits per heavy atom. The number of halogens is 1. The summed E-state index contributed by atoms with van der Waals surface area (Å²) >= 11 is 1.57. The van der Waals surface area contributed by atoms with Crippen molar-refractivity contribution in [2.45, 2.75) is 25.4 Å². The van der Waals surface area contributed by atoms with Crippen LogP contribution in [0.5, 0.6) is 0 Å². The summed E-state index contributed by atoms with van der Waals surface area (Å²) in [4.78, 5) is 19.6. The van der Waals surface area contributed by atoms with E-state index >= 15 is 0 Å². The molecule has 1 fully saturated rings. The van der Waals surface area contributed by atoms with Gasteiger partial charge in [-0.1, -0.05) is 36.4 Å². The quantitative estimate of drug-likeness (QED) is 0.644. The topological polar surface area (TPSA) is 45.2 Å². The van der Waals surface area contributed by atoms with E-state index in [0.29, 0.717) is 17.7 Å². The van der Waals surface area contributed by atoms with Crippen LogP contribution in [0.25, 0.3) is 0 Å². The van der Waals surface area contributed by atoms with Gasteiger partial charge in [0.15, 0.2) is 0 Å². The molecule has 0 radical (unpaired) electrons. The number of nitrogens with zero attached hydrogens (tertiary/aromatic N) is 2. The Morgan fingerprint density at radius 3 is 2.76 bits per heavy atom. The average molecular weight is 410 g/mol. The van der Waals surface area contributed by atoms with Crippen molar-refractivity contribution in [1.29, 1.82) is 0 Å². The van der Waals surface area contributed by atoms with E-state index in [4.69, 9.17) is 0 Å². The van der Waals surface area contributed by atoms with Crippen molar-refractivity contribution >= 4 is 17.2 Å². The lowest BCUT2D eigenvalue weighted by Gasteiger charge is -2.36. The lowest BCUT2D eigenvalue weighted by molar-refractivity contribution is 0.0877. The molecule has 1 aromatic heterocycles. The number of likely N-dealkylation sites (tertiary alicyclic amines) is 1. The molecule has 0 saturated carbocycles. The fourth-order valence-electron chi connectivity index (χ4n) is 3.96. The van der Waals surface area contributed by atoms with Gasteiger partial charge in [0.1, 0.15) is 10.8 Å². The highest BCUT2D eigenvalue weighted by atomic mass is 32.1. The number of thiazole rings is 1. The highest BCUT2D eigenvalue weighted by Gasteiger charge is 2.31. The molecule has 150 valence electrons. The van der Waals surface area contributed by atoms with Crippen LogP contribution in [-0.4, -0.2) is 28.9 Å². The van der Waals surface area contributed by atoms with Crippen molar-refractivity contribution in [3.05, 3.63) is 88.1 Å². The molecule has 4 rings (SSSR count). The number of benzene rings is 2. The van der Waals surface area contributed by atoms with Crippen LogP contribution in [0.4, 0.5) is 4.39 Å². The van der Waals surface area contributed by atoms with Crippen LogP contribution in [0.3, 0.4) is 0 Å². The summed E-state index contributed by atoms with van der Waals surface area (Å²) in [6.45, 7) is 2.32. The predicted octanol–water partition coefficient (Wildman–Crippen LogP) is 4.67. The molecule has 29 heavy (non-hydrogen) atoms. The first-order chi connectivity index (χ1) is 14.2. The van der Waals surface area contributed by atoms with Gasteiger partial charge >= 0.3 is 0 Å². The van der Waals surface area contributed by atoms with Gasteiger partial charge in [-0.2, -0.15) is 0 Å². The van der Waals surface area contributed by atoms with Crippen molar-refractivity contribution in [2.75, 3.05) is 13.1 Å². The largest absolute Gasteiger partial charge is 0.342 e. The van der Waals surface area contributed by atoms with E-state index in [9.17, 15) is 9.18 Å². The van der Waals surface area contributed by atoms with Crippen molar-refractivity contribution in [2.24, 2.45) is 5.92 Å². The molecule has 0 aliphatic carbocycles. The van der Waals surface area contributed by atoms with E-state index in [1.54, 1.807) is 23.6 Å². The molecule has 6 heteroatoms. The zero-order chi connectivity index (χ0) is 20.1. The van der Waals surface area contributed by atoms with Crippen molar-refractivity contribution in [1.82, 2.24) is 15.2 Å². The zero-order valence-electron chi connectivity index (χ0n) is 16.1. The summed E-state index contributed by atoms with van der Waals surface area (Å²) in [6.07, 6.45) is 3.80. The summed E-state index contributed by atoms with van der Waals surface area (Å²) in [5.74, 6) is -0.0187. The first-order valence-corrected chi connectivity index (χ1v) is 10.8. The zero-order valence-corrected chi connectivity index (χ0v) is 16.9. The van der Waals surface area contributed by atoms with E-state index in [1.807, 2.05) is 47.8 Å². The highest BCUT2D eigenvalue weighted by molar-refractivity contribution is 7.09. The molecule has 3 aromatic rings. The maximum atomic E-state index is 14.1. The van der Waals surface area contributed by atoms with E-state index in [-0.39, 0.29) is 23.7 Å². The van der Waals surface area contributed by atoms with Crippen molar-refractivity contribution in [3.8, 4) is 0 Å². The number of carbonyl (C=O) groups is 1. The molecule has 1 saturated heterocycles. The number of piperidine rings is 1. The third-order valence-electron chi connectivity index (χ3n) is 5.41. The second-order valence-corrected chi connectivity index (χ2v) is 8.34. The van der Waals surface area contributed by atoms with E-state index < -0.39 is 0 Å². The molecule has 1 aliphatic rings. The molecule has 1 aliphatic heterocycles. The summed E-state index contributed by atoms with van der Waals surface area (Å²) in [5.41, 5.74) is 1.36. The van der Waals surface area contributed by atoms with Crippen molar-refractivity contribution < 1.29 is 9.18 Å². The second-order valence-electron chi connectivity index (χ2n) is 7.42. The van der Waals surface area contributed by atoms with Crippen LogP contribution in [0.1, 0.15) is 39.8 Å². The molecule has 1 N–H and O–H groups in total. The normalized spacial score (nSPS) is 18.3. The van der Waals surface area contributed by atoms with Gasteiger partial charge in [0.05, 0.1) is 6.04 Å². The molecule has 4 nitrogen and oxygen atoms in total. The highest BCUT2D eigenvalue weighted by Crippen LogP contribution is 2.32. The third-order valence-corrected chi connectivity index (χ3v) is 6.26. The molecule has 2 aromatic carbocycles. The van der Waals surface area contributed by atoms with Gasteiger partial charge in [-0.25, -0.2) is 9.37 Å². The second kappa shape index (κ2) is 9.29. The predicted molar refractivity (Wildman–Crippen MR) is 113 cm³/mol. The molecule has 0 unspecified atom stereocenters. The van der Waals surface area contributed by atoms with E-state index in [1.165, 1.54) is 6.07 Å². The van der Waals surface area contributed by atoms with Gasteiger partial charge in [0.25, 0.3) is 5.91 Å². The number of nitrogens with one attached hydrogen (secondary N) is 1. The van der Waals surface area contributed by atoms with Gasteiger partial charge in [-0.15, -0.1) is 11.3 Å². The fraction of sp³-hybridized carbons (Fsp3) is 0.304.